The summed E-state index contributed by atoms with van der Waals surface area (Å²) in [4.78, 5) is 38.7. The molecule has 0 saturated carbocycles. The highest BCUT2D eigenvalue weighted by atomic mass is 16.4. The Morgan fingerprint density at radius 1 is 1.52 bits per heavy atom. The van der Waals surface area contributed by atoms with Crippen molar-refractivity contribution in [3.63, 3.8) is 0 Å². The number of benzene rings is 1. The van der Waals surface area contributed by atoms with E-state index in [4.69, 9.17) is 5.53 Å². The normalized spacial score (nSPS) is 16.8. The molecule has 1 saturated heterocycles. The first-order valence-electron chi connectivity index (χ1n) is 6.88. The largest absolute Gasteiger partial charge is 0.478 e. The van der Waals surface area contributed by atoms with Gasteiger partial charge in [-0.3, -0.25) is 9.59 Å². The molecule has 2 amide bonds. The first kappa shape index (κ1) is 16.3. The van der Waals surface area contributed by atoms with Crippen LogP contribution in [0, 0.1) is 5.92 Å². The molecule has 9 nitrogen and oxygen atoms in total. The Labute approximate surface area is 131 Å². The molecule has 1 heterocycles. The van der Waals surface area contributed by atoms with Crippen molar-refractivity contribution in [2.75, 3.05) is 23.3 Å². The van der Waals surface area contributed by atoms with Gasteiger partial charge in [-0.1, -0.05) is 5.11 Å². The second kappa shape index (κ2) is 6.80. The number of hydrogen-bond acceptors (Lipinski definition) is 4. The highest BCUT2D eigenvalue weighted by Gasteiger charge is 2.32. The second-order valence-corrected chi connectivity index (χ2v) is 5.21. The molecular formula is C14H15N5O4. The Bertz CT molecular complexity index is 711. The van der Waals surface area contributed by atoms with Gasteiger partial charge in [0, 0.05) is 37.0 Å². The van der Waals surface area contributed by atoms with E-state index in [9.17, 15) is 19.5 Å². The lowest BCUT2D eigenvalue weighted by atomic mass is 10.1. The number of nitrogens with one attached hydrogen (secondary N) is 1. The van der Waals surface area contributed by atoms with Gasteiger partial charge in [0.1, 0.15) is 0 Å². The molecule has 1 fully saturated rings. The summed E-state index contributed by atoms with van der Waals surface area (Å²) in [7, 11) is 0. The number of nitrogens with zero attached hydrogens (tertiary/aromatic N) is 4. The molecule has 1 atom stereocenters. The lowest BCUT2D eigenvalue weighted by Gasteiger charge is -2.19. The van der Waals surface area contributed by atoms with Crippen LogP contribution < -0.4 is 10.2 Å². The van der Waals surface area contributed by atoms with Crippen LogP contribution in [0.1, 0.15) is 23.7 Å². The molecule has 0 spiro atoms. The van der Waals surface area contributed by atoms with E-state index in [1.165, 1.54) is 30.0 Å². The summed E-state index contributed by atoms with van der Waals surface area (Å²) >= 11 is 0. The standard InChI is InChI=1S/C14H15N5O4/c1-8(20)17-10-2-3-12(11(5-10)14(22)23)19-7-9(4-13(19)21)6-16-18-15/h2-3,5,9H,4,6-7H2,1H3,(H,17,20)(H,22,23). The van der Waals surface area contributed by atoms with E-state index in [0.29, 0.717) is 5.69 Å². The fourth-order valence-electron chi connectivity index (χ4n) is 2.51. The minimum Gasteiger partial charge on any atom is -0.478 e. The van der Waals surface area contributed by atoms with Gasteiger partial charge in [0.05, 0.1) is 11.3 Å². The summed E-state index contributed by atoms with van der Waals surface area (Å²) in [6.45, 7) is 1.79. The summed E-state index contributed by atoms with van der Waals surface area (Å²) in [6.07, 6.45) is 0.200. The fraction of sp³-hybridized carbons (Fsp3) is 0.357. The molecule has 0 aliphatic carbocycles. The van der Waals surface area contributed by atoms with Gasteiger partial charge >= 0.3 is 5.97 Å². The molecular weight excluding hydrogens is 302 g/mol. The molecule has 1 aliphatic rings. The van der Waals surface area contributed by atoms with Crippen molar-refractivity contribution in [1.29, 1.82) is 0 Å². The Kier molecular flexibility index (Phi) is 4.82. The van der Waals surface area contributed by atoms with Gasteiger partial charge < -0.3 is 15.3 Å². The van der Waals surface area contributed by atoms with E-state index >= 15 is 0 Å². The van der Waals surface area contributed by atoms with Crippen molar-refractivity contribution in [1.82, 2.24) is 0 Å². The average Bonchev–Trinajstić information content (AvgIpc) is 2.85. The van der Waals surface area contributed by atoms with Crippen molar-refractivity contribution in [3.8, 4) is 0 Å². The zero-order valence-corrected chi connectivity index (χ0v) is 12.4. The number of hydrogen-bond donors (Lipinski definition) is 2. The van der Waals surface area contributed by atoms with Gasteiger partial charge in [-0.05, 0) is 29.6 Å². The molecule has 2 N–H and O–H groups in total. The molecule has 9 heteroatoms. The van der Waals surface area contributed by atoms with Gasteiger partial charge in [-0.25, -0.2) is 4.79 Å². The molecule has 2 rings (SSSR count). The Balaban J connectivity index is 2.31. The number of carbonyl (C=O) groups excluding carboxylic acids is 2. The number of carbonyl (C=O) groups is 3. The maximum absolute atomic E-state index is 12.1. The lowest BCUT2D eigenvalue weighted by molar-refractivity contribution is -0.117. The number of carboxylic acid groups (broad SMARTS) is 1. The van der Waals surface area contributed by atoms with Crippen LogP contribution in [-0.2, 0) is 9.59 Å². The highest BCUT2D eigenvalue weighted by Crippen LogP contribution is 2.30. The van der Waals surface area contributed by atoms with Gasteiger partial charge in [0.15, 0.2) is 0 Å². The summed E-state index contributed by atoms with van der Waals surface area (Å²) in [5.41, 5.74) is 8.87. The van der Waals surface area contributed by atoms with E-state index in [-0.39, 0.29) is 48.5 Å². The van der Waals surface area contributed by atoms with Gasteiger partial charge in [-0.15, -0.1) is 0 Å². The number of rotatable bonds is 5. The Morgan fingerprint density at radius 2 is 2.26 bits per heavy atom. The van der Waals surface area contributed by atoms with Crippen LogP contribution >= 0.6 is 0 Å². The monoisotopic (exact) mass is 317 g/mol. The summed E-state index contributed by atoms with van der Waals surface area (Å²) in [5.74, 6) is -1.88. The first-order chi connectivity index (χ1) is 10.9. The van der Waals surface area contributed by atoms with E-state index in [1.807, 2.05) is 0 Å². The molecule has 0 bridgehead atoms. The molecule has 1 aromatic carbocycles. The predicted molar refractivity (Wildman–Crippen MR) is 82.2 cm³/mol. The van der Waals surface area contributed by atoms with Crippen LogP contribution in [0.3, 0.4) is 0 Å². The Hall–Kier alpha value is -3.06. The van der Waals surface area contributed by atoms with Crippen LogP contribution in [0.25, 0.3) is 10.4 Å². The van der Waals surface area contributed by atoms with E-state index in [2.05, 4.69) is 15.3 Å². The van der Waals surface area contributed by atoms with Crippen LogP contribution in [0.15, 0.2) is 23.3 Å². The molecule has 0 aromatic heterocycles. The summed E-state index contributed by atoms with van der Waals surface area (Å²) < 4.78 is 0. The molecule has 120 valence electrons. The third kappa shape index (κ3) is 3.78. The van der Waals surface area contributed by atoms with E-state index < -0.39 is 5.97 Å². The van der Waals surface area contributed by atoms with Crippen LogP contribution in [0.5, 0.6) is 0 Å². The van der Waals surface area contributed by atoms with Crippen molar-refractivity contribution >= 4 is 29.2 Å². The van der Waals surface area contributed by atoms with Crippen molar-refractivity contribution in [3.05, 3.63) is 34.2 Å². The van der Waals surface area contributed by atoms with Gasteiger partial charge in [-0.2, -0.15) is 0 Å². The average molecular weight is 317 g/mol. The lowest BCUT2D eigenvalue weighted by Crippen LogP contribution is -2.27. The highest BCUT2D eigenvalue weighted by molar-refractivity contribution is 6.04. The number of anilines is 2. The third-order valence-electron chi connectivity index (χ3n) is 3.45. The number of carboxylic acids is 1. The second-order valence-electron chi connectivity index (χ2n) is 5.21. The smallest absolute Gasteiger partial charge is 0.337 e. The minimum absolute atomic E-state index is 0.0750. The van der Waals surface area contributed by atoms with Gasteiger partial charge in [0.25, 0.3) is 0 Å². The Morgan fingerprint density at radius 3 is 2.87 bits per heavy atom. The minimum atomic E-state index is -1.20. The quantitative estimate of drug-likeness (QED) is 0.487. The summed E-state index contributed by atoms with van der Waals surface area (Å²) in [5, 5.41) is 15.3. The van der Waals surface area contributed by atoms with E-state index in [0.717, 1.165) is 0 Å². The topological polar surface area (TPSA) is 135 Å². The molecule has 1 aromatic rings. The van der Waals surface area contributed by atoms with E-state index in [1.54, 1.807) is 0 Å². The summed E-state index contributed by atoms with van der Waals surface area (Å²) in [6, 6.07) is 4.34. The zero-order chi connectivity index (χ0) is 17.0. The zero-order valence-electron chi connectivity index (χ0n) is 12.4. The van der Waals surface area contributed by atoms with Crippen molar-refractivity contribution in [2.45, 2.75) is 13.3 Å². The van der Waals surface area contributed by atoms with Crippen molar-refractivity contribution < 1.29 is 19.5 Å². The van der Waals surface area contributed by atoms with Gasteiger partial charge in [0.2, 0.25) is 11.8 Å². The number of aromatic carboxylic acids is 1. The molecule has 23 heavy (non-hydrogen) atoms. The maximum atomic E-state index is 12.1. The molecule has 0 radical (unpaired) electrons. The first-order valence-corrected chi connectivity index (χ1v) is 6.88. The molecule has 1 unspecified atom stereocenters. The van der Waals surface area contributed by atoms with Crippen LogP contribution in [0.2, 0.25) is 0 Å². The third-order valence-corrected chi connectivity index (χ3v) is 3.45. The fourth-order valence-corrected chi connectivity index (χ4v) is 2.51. The SMILES string of the molecule is CC(=O)Nc1ccc(N2CC(CN=[N+]=[N-])CC2=O)c(C(=O)O)c1. The van der Waals surface area contributed by atoms with Crippen LogP contribution in [-0.4, -0.2) is 36.0 Å². The maximum Gasteiger partial charge on any atom is 0.337 e. The van der Waals surface area contributed by atoms with Crippen molar-refractivity contribution in [2.24, 2.45) is 11.0 Å². The molecule has 1 aliphatic heterocycles. The number of azide groups is 1. The predicted octanol–water partition coefficient (Wildman–Crippen LogP) is 2.01. The number of amides is 2. The van der Waals surface area contributed by atoms with Crippen LogP contribution in [0.4, 0.5) is 11.4 Å².